The van der Waals surface area contributed by atoms with Crippen molar-refractivity contribution in [3.8, 4) is 5.95 Å². The lowest BCUT2D eigenvalue weighted by atomic mass is 10.2. The molecule has 1 saturated heterocycles. The Morgan fingerprint density at radius 1 is 0.949 bits per heavy atom. The number of hydrogen-bond donors (Lipinski definition) is 1. The molecule has 5 heterocycles. The van der Waals surface area contributed by atoms with Crippen molar-refractivity contribution in [1.82, 2.24) is 39.0 Å². The minimum Gasteiger partial charge on any atom is -0.370 e. The largest absolute Gasteiger partial charge is 0.370 e. The van der Waals surface area contributed by atoms with Gasteiger partial charge in [-0.2, -0.15) is 9.50 Å². The number of anilines is 3. The van der Waals surface area contributed by atoms with E-state index in [0.29, 0.717) is 34.6 Å². The lowest BCUT2D eigenvalue weighted by molar-refractivity contribution is 0.315. The zero-order valence-corrected chi connectivity index (χ0v) is 21.6. The molecule has 39 heavy (non-hydrogen) atoms. The zero-order valence-electron chi connectivity index (χ0n) is 21.6. The van der Waals surface area contributed by atoms with E-state index in [1.807, 2.05) is 36.4 Å². The summed E-state index contributed by atoms with van der Waals surface area (Å²) in [5.41, 5.74) is 3.32. The highest BCUT2D eigenvalue weighted by atomic mass is 16.1. The zero-order chi connectivity index (χ0) is 26.5. The molecule has 1 fully saturated rings. The van der Waals surface area contributed by atoms with E-state index in [1.54, 1.807) is 23.1 Å². The molecule has 2 aromatic carbocycles. The van der Waals surface area contributed by atoms with Gasteiger partial charge < -0.3 is 15.1 Å². The molecule has 0 aliphatic carbocycles. The highest BCUT2D eigenvalue weighted by Gasteiger charge is 2.24. The summed E-state index contributed by atoms with van der Waals surface area (Å²) < 4.78 is 3.16. The van der Waals surface area contributed by atoms with Crippen LogP contribution in [0.4, 0.5) is 17.3 Å². The summed E-state index contributed by atoms with van der Waals surface area (Å²) >= 11 is 0. The number of aromatic nitrogens is 7. The minimum absolute atomic E-state index is 0. The van der Waals surface area contributed by atoms with E-state index in [2.05, 4.69) is 61.3 Å². The van der Waals surface area contributed by atoms with Gasteiger partial charge in [-0.1, -0.05) is 12.1 Å². The minimum atomic E-state index is -0.295. The maximum Gasteiger partial charge on any atom is 0.284 e. The number of likely N-dealkylation sites (N-methyl/N-ethyl adjacent to an activating group) is 1. The van der Waals surface area contributed by atoms with Crippen LogP contribution in [0, 0.1) is 0 Å². The van der Waals surface area contributed by atoms with Crippen molar-refractivity contribution in [2.24, 2.45) is 0 Å². The first-order chi connectivity index (χ1) is 19.1. The summed E-state index contributed by atoms with van der Waals surface area (Å²) in [6.07, 6.45) is 5.96. The third-order valence-electron chi connectivity index (χ3n) is 7.30. The molecular formula is C28H28N10O. The highest BCUT2D eigenvalue weighted by molar-refractivity contribution is 5.95. The van der Waals surface area contributed by atoms with Crippen LogP contribution < -0.4 is 15.8 Å². The van der Waals surface area contributed by atoms with Crippen molar-refractivity contribution >= 4 is 44.9 Å². The molecule has 4 aromatic heterocycles. The van der Waals surface area contributed by atoms with Gasteiger partial charge in [0, 0.05) is 55.9 Å². The third kappa shape index (κ3) is 3.94. The van der Waals surface area contributed by atoms with Crippen LogP contribution in [0.25, 0.3) is 33.5 Å². The molecule has 0 radical (unpaired) electrons. The van der Waals surface area contributed by atoms with Gasteiger partial charge in [0.2, 0.25) is 11.9 Å². The van der Waals surface area contributed by atoms with E-state index >= 15 is 0 Å². The molecular weight excluding hydrogens is 492 g/mol. The Labute approximate surface area is 224 Å². The second-order valence-corrected chi connectivity index (χ2v) is 9.89. The van der Waals surface area contributed by atoms with Gasteiger partial charge in [-0.15, -0.1) is 0 Å². The van der Waals surface area contributed by atoms with Gasteiger partial charge in [0.15, 0.2) is 11.3 Å². The Morgan fingerprint density at radius 3 is 2.51 bits per heavy atom. The molecule has 196 valence electrons. The quantitative estimate of drug-likeness (QED) is 0.365. The fourth-order valence-corrected chi connectivity index (χ4v) is 5.22. The molecule has 11 nitrogen and oxygen atoms in total. The molecule has 0 spiro atoms. The van der Waals surface area contributed by atoms with E-state index in [4.69, 9.17) is 4.98 Å². The van der Waals surface area contributed by atoms with E-state index in [-0.39, 0.29) is 6.99 Å². The molecule has 1 aliphatic heterocycles. The molecule has 7 rings (SSSR count). The van der Waals surface area contributed by atoms with E-state index in [0.717, 1.165) is 36.1 Å². The monoisotopic (exact) mass is 520 g/mol. The number of benzene rings is 2. The second-order valence-electron chi connectivity index (χ2n) is 9.89. The molecule has 1 N–H and O–H groups in total. The van der Waals surface area contributed by atoms with Gasteiger partial charge in [-0.3, -0.25) is 4.79 Å². The van der Waals surface area contributed by atoms with Crippen molar-refractivity contribution in [1.29, 1.82) is 0 Å². The predicted octanol–water partition coefficient (Wildman–Crippen LogP) is 3.50. The lowest BCUT2D eigenvalue weighted by Gasteiger charge is -2.22. The normalized spacial score (nSPS) is 15.7. The summed E-state index contributed by atoms with van der Waals surface area (Å²) in [4.78, 5) is 40.9. The molecule has 0 bridgehead atoms. The molecule has 0 unspecified atom stereocenters. The van der Waals surface area contributed by atoms with Crippen LogP contribution in [-0.2, 0) is 0 Å². The van der Waals surface area contributed by atoms with Crippen LogP contribution in [0.15, 0.2) is 78.0 Å². The summed E-state index contributed by atoms with van der Waals surface area (Å²) in [6, 6.07) is 18.2. The topological polar surface area (TPSA) is 109 Å². The Balaban J connectivity index is 0.00000289. The number of nitrogens with one attached hydrogen (secondary N) is 1. The highest BCUT2D eigenvalue weighted by Crippen LogP contribution is 2.26. The van der Waals surface area contributed by atoms with Crippen LogP contribution in [-0.4, -0.2) is 72.2 Å². The Kier molecular flexibility index (Phi) is 5.44. The van der Waals surface area contributed by atoms with Crippen molar-refractivity contribution in [2.45, 2.75) is 12.5 Å². The van der Waals surface area contributed by atoms with Crippen LogP contribution in [0.1, 0.15) is 7.85 Å². The van der Waals surface area contributed by atoms with E-state index < -0.39 is 0 Å². The number of para-hydroxylation sites is 1. The summed E-state index contributed by atoms with van der Waals surface area (Å²) in [5.74, 6) is 0.747. The van der Waals surface area contributed by atoms with Crippen LogP contribution >= 0.6 is 0 Å². The summed E-state index contributed by atoms with van der Waals surface area (Å²) in [6.45, 7) is 2.07. The number of hydrogen-bond acceptors (Lipinski definition) is 9. The second kappa shape index (κ2) is 9.14. The average molecular weight is 521 g/mol. The fourth-order valence-electron chi connectivity index (χ4n) is 5.22. The van der Waals surface area contributed by atoms with E-state index in [9.17, 15) is 4.79 Å². The van der Waals surface area contributed by atoms with Crippen molar-refractivity contribution in [3.05, 3.63) is 83.5 Å². The lowest BCUT2D eigenvalue weighted by Crippen LogP contribution is -2.31. The van der Waals surface area contributed by atoms with Gasteiger partial charge >= 0.3 is 0 Å². The number of fused-ring (bicyclic) bond motifs is 4. The van der Waals surface area contributed by atoms with Gasteiger partial charge in [-0.25, -0.2) is 24.6 Å². The maximum absolute atomic E-state index is 13.7. The summed E-state index contributed by atoms with van der Waals surface area (Å²) in [5, 5.41) is 4.35. The molecule has 0 saturated carbocycles. The van der Waals surface area contributed by atoms with Crippen LogP contribution in [0.3, 0.4) is 0 Å². The van der Waals surface area contributed by atoms with Crippen molar-refractivity contribution in [3.63, 3.8) is 0 Å². The fraction of sp³-hybridized carbons (Fsp3) is 0.214. The molecule has 1 atom stereocenters. The Hall–Kier alpha value is -4.90. The van der Waals surface area contributed by atoms with E-state index in [1.165, 1.54) is 16.4 Å². The molecule has 1 aliphatic rings. The number of nitrogens with zero attached hydrogens (tertiary/aromatic N) is 9. The molecule has 11 heteroatoms. The van der Waals surface area contributed by atoms with Crippen LogP contribution in [0.2, 0.25) is 0 Å². The summed E-state index contributed by atoms with van der Waals surface area (Å²) in [7, 11) is 4.27. The maximum atomic E-state index is 13.7. The Morgan fingerprint density at radius 2 is 1.74 bits per heavy atom. The smallest absolute Gasteiger partial charge is 0.284 e. The third-order valence-corrected chi connectivity index (χ3v) is 7.30. The number of rotatable bonds is 5. The average Bonchev–Trinajstić information content (AvgIpc) is 3.58. The van der Waals surface area contributed by atoms with Gasteiger partial charge in [0.25, 0.3) is 5.56 Å². The molecule has 6 aromatic rings. The molecule has 0 amide bonds. The first kappa shape index (κ1) is 23.2. The van der Waals surface area contributed by atoms with Gasteiger partial charge in [-0.05, 0) is 63.0 Å². The standard InChI is InChI=1S/C28H26N10O.H2/c1-35(2)20-12-15-36(17-20)19-10-8-18(9-11-19)32-27-31-16-22-24(34-27)33-25-21-6-3-4-7-23(21)37(38(25)26(22)39)28-29-13-5-14-30-28;/h3-11,13-14,16,20H,12,15,17H2,1-2H3,(H,31,32,34);1H/t20-;/m1./s1. The van der Waals surface area contributed by atoms with Crippen molar-refractivity contribution in [2.75, 3.05) is 37.4 Å². The predicted molar refractivity (Wildman–Crippen MR) is 153 cm³/mol. The van der Waals surface area contributed by atoms with Crippen LogP contribution in [0.5, 0.6) is 0 Å². The first-order valence-corrected chi connectivity index (χ1v) is 12.8. The first-order valence-electron chi connectivity index (χ1n) is 12.8. The van der Waals surface area contributed by atoms with Crippen molar-refractivity contribution < 1.29 is 1.43 Å². The SMILES string of the molecule is CN(C)[C@@H]1CCN(c2ccc(Nc3ncc4c(=O)n5c(nc4n3)c3ccccc3n5-c3ncccn3)cc2)C1.[HH]. The Bertz CT molecular complexity index is 1890. The van der Waals surface area contributed by atoms with Gasteiger partial charge in [0.1, 0.15) is 5.39 Å². The van der Waals surface area contributed by atoms with Gasteiger partial charge in [0.05, 0.1) is 5.52 Å².